The number of hydrogen-bond donors (Lipinski definition) is 0. The number of rotatable bonds is 3. The van der Waals surface area contributed by atoms with Gasteiger partial charge in [-0.3, -0.25) is 4.79 Å². The van der Waals surface area contributed by atoms with Crippen molar-refractivity contribution in [3.63, 3.8) is 0 Å². The van der Waals surface area contributed by atoms with Crippen molar-refractivity contribution < 1.29 is 4.79 Å². The highest BCUT2D eigenvalue weighted by Gasteiger charge is 2.18. The van der Waals surface area contributed by atoms with Gasteiger partial charge in [0, 0.05) is 28.2 Å². The molecule has 3 nitrogen and oxygen atoms in total. The number of nitriles is 1. The van der Waals surface area contributed by atoms with Gasteiger partial charge in [-0.15, -0.1) is 11.3 Å². The molecule has 0 spiro atoms. The topological polar surface area (TPSA) is 45.8 Å². The van der Waals surface area contributed by atoms with E-state index >= 15 is 0 Å². The normalized spacial score (nSPS) is 10.5. The Labute approximate surface area is 117 Å². The maximum absolute atomic E-state index is 11.9. The van der Waals surface area contributed by atoms with Crippen LogP contribution >= 0.6 is 11.3 Å². The quantitative estimate of drug-likeness (QED) is 0.795. The predicted octanol–water partition coefficient (Wildman–Crippen LogP) is 3.93. The lowest BCUT2D eigenvalue weighted by atomic mass is 10.1. The van der Waals surface area contributed by atoms with Crippen LogP contribution in [-0.2, 0) is 0 Å². The number of hydrogen-bond acceptors (Lipinski definition) is 3. The molecule has 0 unspecified atom stereocenters. The Morgan fingerprint density at radius 2 is 2.05 bits per heavy atom. The Kier molecular flexibility index (Phi) is 3.59. The number of aromatic nitrogens is 1. The summed E-state index contributed by atoms with van der Waals surface area (Å²) >= 11 is 1.58. The van der Waals surface area contributed by atoms with Gasteiger partial charge in [-0.25, -0.2) is 0 Å². The fourth-order valence-corrected chi connectivity index (χ4v) is 3.36. The van der Waals surface area contributed by atoms with E-state index in [1.165, 1.54) is 0 Å². The fourth-order valence-electron chi connectivity index (χ4n) is 2.30. The molecule has 2 aromatic heterocycles. The Hall–Kier alpha value is -1.86. The van der Waals surface area contributed by atoms with Gasteiger partial charge in [-0.2, -0.15) is 5.26 Å². The van der Waals surface area contributed by atoms with Crippen LogP contribution in [0.1, 0.15) is 45.5 Å². The van der Waals surface area contributed by atoms with E-state index in [0.717, 1.165) is 26.8 Å². The van der Waals surface area contributed by atoms with Crippen molar-refractivity contribution in [2.75, 3.05) is 0 Å². The highest BCUT2D eigenvalue weighted by Crippen LogP contribution is 2.30. The lowest BCUT2D eigenvalue weighted by molar-refractivity contribution is 0.0987. The van der Waals surface area contributed by atoms with Crippen molar-refractivity contribution in [1.82, 2.24) is 4.57 Å². The van der Waals surface area contributed by atoms with Gasteiger partial charge in [-0.1, -0.05) is 6.92 Å². The van der Waals surface area contributed by atoms with Gasteiger partial charge in [0.15, 0.2) is 5.78 Å². The van der Waals surface area contributed by atoms with Crippen LogP contribution in [0.2, 0.25) is 0 Å². The third kappa shape index (κ3) is 2.22. The van der Waals surface area contributed by atoms with Crippen LogP contribution in [-0.4, -0.2) is 10.4 Å². The summed E-state index contributed by atoms with van der Waals surface area (Å²) in [5.41, 5.74) is 3.34. The van der Waals surface area contributed by atoms with E-state index in [1.54, 1.807) is 11.3 Å². The molecule has 19 heavy (non-hydrogen) atoms. The molecule has 2 heterocycles. The molecule has 0 N–H and O–H groups in total. The van der Waals surface area contributed by atoms with E-state index in [0.29, 0.717) is 12.0 Å². The summed E-state index contributed by atoms with van der Waals surface area (Å²) in [6.07, 6.45) is 0.499. The summed E-state index contributed by atoms with van der Waals surface area (Å²) in [4.78, 5) is 13.0. The molecule has 0 aromatic carbocycles. The minimum Gasteiger partial charge on any atom is -0.308 e. The monoisotopic (exact) mass is 272 g/mol. The third-order valence-corrected chi connectivity index (χ3v) is 4.25. The van der Waals surface area contributed by atoms with Crippen molar-refractivity contribution in [3.8, 4) is 11.1 Å². The number of carbonyl (C=O) groups is 1. The first kappa shape index (κ1) is 13.6. The summed E-state index contributed by atoms with van der Waals surface area (Å²) in [6, 6.07) is 6.03. The minimum absolute atomic E-state index is 0.145. The van der Waals surface area contributed by atoms with Gasteiger partial charge in [0.25, 0.3) is 0 Å². The second-order valence-electron chi connectivity index (χ2n) is 4.58. The van der Waals surface area contributed by atoms with E-state index in [4.69, 9.17) is 0 Å². The Morgan fingerprint density at radius 3 is 2.63 bits per heavy atom. The Morgan fingerprint density at radius 1 is 1.37 bits per heavy atom. The molecule has 98 valence electrons. The van der Waals surface area contributed by atoms with Crippen molar-refractivity contribution in [2.45, 2.75) is 34.1 Å². The number of nitrogens with zero attached hydrogens (tertiary/aromatic N) is 2. The summed E-state index contributed by atoms with van der Waals surface area (Å²) in [5, 5.41) is 10.1. The first-order valence-electron chi connectivity index (χ1n) is 6.22. The first-order valence-corrected chi connectivity index (χ1v) is 7.04. The highest BCUT2D eigenvalue weighted by molar-refractivity contribution is 7.14. The lowest BCUT2D eigenvalue weighted by Gasteiger charge is -2.07. The number of aryl methyl sites for hydroxylation is 2. The second kappa shape index (κ2) is 5.02. The number of ketones is 1. The zero-order valence-electron chi connectivity index (χ0n) is 11.6. The van der Waals surface area contributed by atoms with Gasteiger partial charge >= 0.3 is 0 Å². The van der Waals surface area contributed by atoms with E-state index in [2.05, 4.69) is 6.07 Å². The molecule has 0 amide bonds. The van der Waals surface area contributed by atoms with Crippen LogP contribution in [0.5, 0.6) is 0 Å². The largest absolute Gasteiger partial charge is 0.308 e. The second-order valence-corrected chi connectivity index (χ2v) is 5.82. The molecule has 2 aromatic rings. The van der Waals surface area contributed by atoms with E-state index in [1.807, 2.05) is 44.4 Å². The van der Waals surface area contributed by atoms with Gasteiger partial charge in [0.05, 0.1) is 5.56 Å². The number of thiophene rings is 1. The molecule has 0 atom stereocenters. The summed E-state index contributed by atoms with van der Waals surface area (Å²) < 4.78 is 2.01. The zero-order chi connectivity index (χ0) is 14.2. The third-order valence-electron chi connectivity index (χ3n) is 3.21. The Bertz CT molecular complexity index is 686. The SMILES string of the molecule is CCC(=O)c1cc(C)n(-c2sc(C)cc2C#N)c1C. The smallest absolute Gasteiger partial charge is 0.164 e. The molecular formula is C15H16N2OS. The van der Waals surface area contributed by atoms with E-state index in [9.17, 15) is 10.1 Å². The van der Waals surface area contributed by atoms with Crippen LogP contribution in [0.25, 0.3) is 5.00 Å². The molecule has 0 saturated carbocycles. The number of carbonyl (C=O) groups excluding carboxylic acids is 1. The van der Waals surface area contributed by atoms with E-state index in [-0.39, 0.29) is 5.78 Å². The number of Topliss-reactive ketones (excluding diaryl/α,β-unsaturated/α-hetero) is 1. The molecular weight excluding hydrogens is 256 g/mol. The molecule has 0 radical (unpaired) electrons. The van der Waals surface area contributed by atoms with Crippen LogP contribution in [0.3, 0.4) is 0 Å². The van der Waals surface area contributed by atoms with Gasteiger partial charge < -0.3 is 4.57 Å². The lowest BCUT2D eigenvalue weighted by Crippen LogP contribution is -2.02. The van der Waals surface area contributed by atoms with E-state index < -0.39 is 0 Å². The van der Waals surface area contributed by atoms with Gasteiger partial charge in [0.2, 0.25) is 0 Å². The fraction of sp³-hybridized carbons (Fsp3) is 0.333. The van der Waals surface area contributed by atoms with Crippen LogP contribution in [0.15, 0.2) is 12.1 Å². The van der Waals surface area contributed by atoms with Crippen LogP contribution < -0.4 is 0 Å². The maximum Gasteiger partial charge on any atom is 0.164 e. The molecule has 0 fully saturated rings. The molecule has 4 heteroatoms. The van der Waals surface area contributed by atoms with Crippen molar-refractivity contribution >= 4 is 17.1 Å². The van der Waals surface area contributed by atoms with Crippen LogP contribution in [0.4, 0.5) is 0 Å². The standard InChI is InChI=1S/C15H16N2OS/c1-5-14(18)13-6-9(2)17(11(13)4)15-12(8-16)7-10(3)19-15/h6-7H,5H2,1-4H3. The minimum atomic E-state index is 0.145. The molecule has 0 saturated heterocycles. The molecule has 0 aliphatic rings. The maximum atomic E-state index is 11.9. The first-order chi connectivity index (χ1) is 8.99. The molecule has 2 rings (SSSR count). The Balaban J connectivity index is 2.67. The zero-order valence-corrected chi connectivity index (χ0v) is 12.4. The molecule has 0 aliphatic heterocycles. The van der Waals surface area contributed by atoms with Crippen LogP contribution in [0, 0.1) is 32.1 Å². The van der Waals surface area contributed by atoms with Crippen molar-refractivity contribution in [2.24, 2.45) is 0 Å². The molecule has 0 aliphatic carbocycles. The van der Waals surface area contributed by atoms with Gasteiger partial charge in [-0.05, 0) is 32.9 Å². The average Bonchev–Trinajstić information content (AvgIpc) is 2.88. The average molecular weight is 272 g/mol. The van der Waals surface area contributed by atoms with Gasteiger partial charge in [0.1, 0.15) is 11.1 Å². The molecule has 0 bridgehead atoms. The summed E-state index contributed by atoms with van der Waals surface area (Å²) in [5.74, 6) is 0.145. The highest BCUT2D eigenvalue weighted by atomic mass is 32.1. The predicted molar refractivity (Wildman–Crippen MR) is 77.2 cm³/mol. The van der Waals surface area contributed by atoms with Crippen molar-refractivity contribution in [1.29, 1.82) is 5.26 Å². The summed E-state index contributed by atoms with van der Waals surface area (Å²) in [7, 11) is 0. The van der Waals surface area contributed by atoms with Crippen molar-refractivity contribution in [3.05, 3.63) is 39.5 Å². The summed E-state index contributed by atoms with van der Waals surface area (Å²) in [6.45, 7) is 7.76.